The van der Waals surface area contributed by atoms with E-state index in [9.17, 15) is 4.39 Å². The van der Waals surface area contributed by atoms with Crippen molar-refractivity contribution in [3.05, 3.63) is 35.1 Å². The van der Waals surface area contributed by atoms with Gasteiger partial charge in [0.1, 0.15) is 6.07 Å². The Labute approximate surface area is 89.5 Å². The van der Waals surface area contributed by atoms with E-state index in [2.05, 4.69) is 11.8 Å². The Kier molecular flexibility index (Phi) is 3.12. The van der Waals surface area contributed by atoms with Gasteiger partial charge in [0.05, 0.1) is 11.1 Å². The monoisotopic (exact) mass is 201 g/mol. The zero-order valence-corrected chi connectivity index (χ0v) is 9.06. The van der Waals surface area contributed by atoms with Crippen LogP contribution in [0.3, 0.4) is 0 Å². The molecule has 0 saturated heterocycles. The highest BCUT2D eigenvalue weighted by molar-refractivity contribution is 5.43. The molecule has 0 saturated carbocycles. The lowest BCUT2D eigenvalue weighted by Gasteiger charge is -2.07. The van der Waals surface area contributed by atoms with E-state index < -0.39 is 5.82 Å². The van der Waals surface area contributed by atoms with Crippen molar-refractivity contribution in [2.75, 3.05) is 0 Å². The molecule has 1 aromatic rings. The molecule has 0 atom stereocenters. The van der Waals surface area contributed by atoms with E-state index in [0.29, 0.717) is 0 Å². The Hall–Kier alpha value is -1.80. The van der Waals surface area contributed by atoms with Crippen LogP contribution in [0.15, 0.2) is 18.2 Å². The summed E-state index contributed by atoms with van der Waals surface area (Å²) in [7, 11) is 0. The third kappa shape index (κ3) is 3.11. The van der Waals surface area contributed by atoms with Gasteiger partial charge in [-0.2, -0.15) is 5.26 Å². The molecule has 0 radical (unpaired) electrons. The van der Waals surface area contributed by atoms with Gasteiger partial charge in [0.15, 0.2) is 5.82 Å². The van der Waals surface area contributed by atoms with Gasteiger partial charge in [-0.3, -0.25) is 0 Å². The van der Waals surface area contributed by atoms with Gasteiger partial charge in [0.25, 0.3) is 0 Å². The summed E-state index contributed by atoms with van der Waals surface area (Å²) in [5.41, 5.74) is 0.148. The highest BCUT2D eigenvalue weighted by Gasteiger charge is 2.07. The van der Waals surface area contributed by atoms with Crippen molar-refractivity contribution < 1.29 is 4.39 Å². The number of nitrogens with zero attached hydrogens (tertiary/aromatic N) is 1. The lowest BCUT2D eigenvalue weighted by molar-refractivity contribution is 0.570. The van der Waals surface area contributed by atoms with Crippen molar-refractivity contribution in [1.29, 1.82) is 5.26 Å². The van der Waals surface area contributed by atoms with Crippen LogP contribution in [0.25, 0.3) is 0 Å². The Morgan fingerprint density at radius 3 is 2.33 bits per heavy atom. The normalized spacial score (nSPS) is 10.1. The zero-order valence-electron chi connectivity index (χ0n) is 9.06. The van der Waals surface area contributed by atoms with E-state index in [4.69, 9.17) is 5.26 Å². The molecular weight excluding hydrogens is 189 g/mol. The molecule has 0 unspecified atom stereocenters. The van der Waals surface area contributed by atoms with Crippen LogP contribution < -0.4 is 0 Å². The highest BCUT2D eigenvalue weighted by Crippen LogP contribution is 2.14. The minimum absolute atomic E-state index is 0.0377. The summed E-state index contributed by atoms with van der Waals surface area (Å²) >= 11 is 0. The molecule has 0 fully saturated rings. The van der Waals surface area contributed by atoms with Crippen molar-refractivity contribution in [3.8, 4) is 17.9 Å². The van der Waals surface area contributed by atoms with Crippen LogP contribution in [0.1, 0.15) is 31.9 Å². The summed E-state index contributed by atoms with van der Waals surface area (Å²) in [4.78, 5) is 0. The summed E-state index contributed by atoms with van der Waals surface area (Å²) < 4.78 is 13.5. The predicted molar refractivity (Wildman–Crippen MR) is 57.4 cm³/mol. The average molecular weight is 201 g/mol. The molecule has 0 aliphatic carbocycles. The van der Waals surface area contributed by atoms with E-state index in [1.54, 1.807) is 18.2 Å². The first-order chi connectivity index (χ1) is 6.94. The topological polar surface area (TPSA) is 23.8 Å². The van der Waals surface area contributed by atoms with E-state index in [0.717, 1.165) is 0 Å². The van der Waals surface area contributed by atoms with Gasteiger partial charge in [-0.05, 0) is 32.9 Å². The van der Waals surface area contributed by atoms with Crippen LogP contribution in [0.4, 0.5) is 4.39 Å². The van der Waals surface area contributed by atoms with Crippen molar-refractivity contribution in [2.24, 2.45) is 5.41 Å². The molecule has 2 heteroatoms. The quantitative estimate of drug-likeness (QED) is 0.592. The number of rotatable bonds is 0. The molecule has 76 valence electrons. The maximum Gasteiger partial charge on any atom is 0.156 e. The Morgan fingerprint density at radius 1 is 1.20 bits per heavy atom. The fourth-order valence-electron chi connectivity index (χ4n) is 0.970. The number of benzene rings is 1. The molecule has 0 heterocycles. The lowest BCUT2D eigenvalue weighted by Crippen LogP contribution is -2.00. The third-order valence-corrected chi connectivity index (χ3v) is 1.69. The summed E-state index contributed by atoms with van der Waals surface area (Å²) in [6.45, 7) is 5.85. The van der Waals surface area contributed by atoms with Gasteiger partial charge < -0.3 is 0 Å². The van der Waals surface area contributed by atoms with Gasteiger partial charge in [0, 0.05) is 5.41 Å². The number of halogens is 1. The van der Waals surface area contributed by atoms with Crippen molar-refractivity contribution in [2.45, 2.75) is 20.8 Å². The first-order valence-corrected chi connectivity index (χ1v) is 4.66. The summed E-state index contributed by atoms with van der Waals surface area (Å²) in [6.07, 6.45) is 0. The molecule has 0 aromatic heterocycles. The average Bonchev–Trinajstić information content (AvgIpc) is 2.15. The van der Waals surface area contributed by atoms with Crippen LogP contribution in [0.5, 0.6) is 0 Å². The lowest BCUT2D eigenvalue weighted by atomic mass is 9.97. The zero-order chi connectivity index (χ0) is 11.5. The fraction of sp³-hybridized carbons (Fsp3) is 0.308. The molecule has 15 heavy (non-hydrogen) atoms. The van der Waals surface area contributed by atoms with E-state index in [1.165, 1.54) is 6.07 Å². The van der Waals surface area contributed by atoms with Gasteiger partial charge in [-0.15, -0.1) is 0 Å². The van der Waals surface area contributed by atoms with Crippen LogP contribution in [-0.4, -0.2) is 0 Å². The van der Waals surface area contributed by atoms with E-state index >= 15 is 0 Å². The summed E-state index contributed by atoms with van der Waals surface area (Å²) in [6, 6.07) is 6.44. The van der Waals surface area contributed by atoms with E-state index in [-0.39, 0.29) is 16.5 Å². The van der Waals surface area contributed by atoms with Crippen molar-refractivity contribution in [1.82, 2.24) is 0 Å². The summed E-state index contributed by atoms with van der Waals surface area (Å²) in [5.74, 6) is 5.15. The molecule has 0 aliphatic rings. The Morgan fingerprint density at radius 2 is 1.80 bits per heavy atom. The Bertz CT molecular complexity index is 464. The molecule has 0 N–H and O–H groups in total. The molecule has 1 rings (SSSR count). The maximum absolute atomic E-state index is 13.5. The minimum Gasteiger partial charge on any atom is -0.204 e. The maximum atomic E-state index is 13.5. The molecule has 1 nitrogen and oxygen atoms in total. The van der Waals surface area contributed by atoms with Gasteiger partial charge in [0.2, 0.25) is 0 Å². The fourth-order valence-corrected chi connectivity index (χ4v) is 0.970. The SMILES string of the molecule is CC(C)(C)C#Cc1cccc(C#N)c1F. The van der Waals surface area contributed by atoms with Crippen LogP contribution >= 0.6 is 0 Å². The van der Waals surface area contributed by atoms with Crippen LogP contribution in [-0.2, 0) is 0 Å². The smallest absolute Gasteiger partial charge is 0.156 e. The van der Waals surface area contributed by atoms with E-state index in [1.807, 2.05) is 20.8 Å². The van der Waals surface area contributed by atoms with Crippen LogP contribution in [0.2, 0.25) is 0 Å². The minimum atomic E-state index is -0.531. The largest absolute Gasteiger partial charge is 0.204 e. The van der Waals surface area contributed by atoms with Gasteiger partial charge >= 0.3 is 0 Å². The van der Waals surface area contributed by atoms with Crippen molar-refractivity contribution in [3.63, 3.8) is 0 Å². The second-order valence-electron chi connectivity index (χ2n) is 4.28. The molecular formula is C13H12FN. The number of hydrogen-bond donors (Lipinski definition) is 0. The second-order valence-corrected chi connectivity index (χ2v) is 4.28. The standard InChI is InChI=1S/C13H12FN/c1-13(2,3)8-7-10-5-4-6-11(9-15)12(10)14/h4-6H,1-3H3. The molecule has 0 amide bonds. The molecule has 1 aromatic carbocycles. The van der Waals surface area contributed by atoms with Gasteiger partial charge in [-0.25, -0.2) is 4.39 Å². The Balaban J connectivity index is 3.17. The molecule has 0 bridgehead atoms. The third-order valence-electron chi connectivity index (χ3n) is 1.69. The number of nitriles is 1. The summed E-state index contributed by atoms with van der Waals surface area (Å²) in [5, 5.41) is 8.63. The first kappa shape index (κ1) is 11.3. The molecule has 0 spiro atoms. The predicted octanol–water partition coefficient (Wildman–Crippen LogP) is 3.09. The van der Waals surface area contributed by atoms with Crippen molar-refractivity contribution >= 4 is 0 Å². The second kappa shape index (κ2) is 4.15. The van der Waals surface area contributed by atoms with Crippen LogP contribution in [0, 0.1) is 34.4 Å². The number of hydrogen-bond acceptors (Lipinski definition) is 1. The highest BCUT2D eigenvalue weighted by atomic mass is 19.1. The van der Waals surface area contributed by atoms with Gasteiger partial charge in [-0.1, -0.05) is 17.9 Å². The molecule has 0 aliphatic heterocycles. The first-order valence-electron chi connectivity index (χ1n) is 4.66.